The third-order valence-electron chi connectivity index (χ3n) is 20.2. The summed E-state index contributed by atoms with van der Waals surface area (Å²) in [4.78, 5) is 0. The van der Waals surface area contributed by atoms with Gasteiger partial charge in [-0.3, -0.25) is 0 Å². The smallest absolute Gasteiger partial charge is 0.225 e. The van der Waals surface area contributed by atoms with E-state index in [4.69, 9.17) is 92.7 Å². The Labute approximate surface area is 659 Å². The van der Waals surface area contributed by atoms with Gasteiger partial charge >= 0.3 is 0 Å². The van der Waals surface area contributed by atoms with Crippen LogP contribution in [-0.2, 0) is 116 Å². The molecule has 10 aromatic rings. The zero-order valence-electron chi connectivity index (χ0n) is 68.2. The van der Waals surface area contributed by atoms with E-state index >= 15 is 4.39 Å². The molecule has 2 saturated heterocycles. The van der Waals surface area contributed by atoms with Crippen LogP contribution in [0.25, 0.3) is 0 Å². The maximum Gasteiger partial charge on any atom is 0.225 e. The van der Waals surface area contributed by atoms with Crippen molar-refractivity contribution in [1.29, 1.82) is 0 Å². The zero-order valence-corrected chi connectivity index (χ0v) is 64.7. The van der Waals surface area contributed by atoms with Crippen LogP contribution in [-0.4, -0.2) is 104 Å². The lowest BCUT2D eigenvalue weighted by Gasteiger charge is -2.52. The van der Waals surface area contributed by atoms with Crippen molar-refractivity contribution in [2.45, 2.75) is 152 Å². The van der Waals surface area contributed by atoms with Gasteiger partial charge in [-0.15, -0.1) is 0 Å². The van der Waals surface area contributed by atoms with Crippen LogP contribution in [0.3, 0.4) is 0 Å². The fourth-order valence-electron chi connectivity index (χ4n) is 13.3. The zero-order chi connectivity index (χ0) is 82.0. The topological polar surface area (TPSA) is 140 Å². The summed E-state index contributed by atoms with van der Waals surface area (Å²) in [6, 6.07) is 77.8. The molecule has 2 fully saturated rings. The van der Waals surface area contributed by atoms with Gasteiger partial charge in [0.1, 0.15) is 48.8 Å². The molecule has 2 heterocycles. The summed E-state index contributed by atoms with van der Waals surface area (Å²) < 4.78 is 159. The Morgan fingerprint density at radius 3 is 1.06 bits per heavy atom. The Kier molecular flexibility index (Phi) is 26.2. The van der Waals surface area contributed by atoms with Crippen LogP contribution in [0.4, 0.5) is 8.78 Å². The largest absolute Gasteiger partial charge is 0.494 e. The summed E-state index contributed by atoms with van der Waals surface area (Å²) in [5.74, 6) is -5.63. The van der Waals surface area contributed by atoms with E-state index in [2.05, 4.69) is 33.9 Å². The first-order valence-corrected chi connectivity index (χ1v) is 39.9. The van der Waals surface area contributed by atoms with Crippen LogP contribution in [0.2, 0.25) is 28.2 Å². The molecule has 0 unspecified atom stereocenters. The minimum absolute atomic E-state index is 0.0907. The molecular formula is C90H98Cl2F2O14Si. The molecule has 2 aliphatic heterocycles. The lowest BCUT2D eigenvalue weighted by molar-refractivity contribution is -0.384. The summed E-state index contributed by atoms with van der Waals surface area (Å²) in [7, 11) is -4.84. The molecule has 109 heavy (non-hydrogen) atoms. The van der Waals surface area contributed by atoms with Gasteiger partial charge in [-0.2, -0.15) is 0 Å². The molecule has 0 spiro atoms. The monoisotopic (exact) mass is 1540 g/mol. The molecule has 12 rings (SSSR count). The van der Waals surface area contributed by atoms with Crippen LogP contribution in [0.15, 0.2) is 255 Å². The minimum atomic E-state index is -2.80. The number of aliphatic hydroxyl groups excluding tert-OH is 1. The molecule has 2 aliphatic rings. The Balaban J connectivity index is 0.000000228. The van der Waals surface area contributed by atoms with Gasteiger partial charge in [0.05, 0.1) is 75.2 Å². The van der Waals surface area contributed by atoms with Crippen LogP contribution < -0.4 is 9.47 Å². The predicted molar refractivity (Wildman–Crippen MR) is 422 cm³/mol. The Hall–Kier alpha value is -8.02. The van der Waals surface area contributed by atoms with E-state index in [1.54, 1.807) is 43.5 Å². The van der Waals surface area contributed by atoms with Gasteiger partial charge in [-0.25, -0.2) is 8.78 Å². The summed E-state index contributed by atoms with van der Waals surface area (Å²) in [5, 5.41) is 11.6. The lowest BCUT2D eigenvalue weighted by Crippen LogP contribution is -2.66. The van der Waals surface area contributed by atoms with Crippen molar-refractivity contribution in [3.05, 3.63) is 343 Å². The van der Waals surface area contributed by atoms with Crippen molar-refractivity contribution in [2.24, 2.45) is 0 Å². The van der Waals surface area contributed by atoms with Crippen LogP contribution in [0.1, 0.15) is 95.8 Å². The number of ether oxygens (including phenoxy) is 12. The molecule has 10 atom stereocenters. The van der Waals surface area contributed by atoms with Crippen molar-refractivity contribution in [3.8, 4) is 11.5 Å². The standard InChI is InChI=1S/C48H56ClFO7Si.C42H42ClFO7/c1-47(2,3)58(6,7)56-33-43-44(53-30-34-17-11-8-12-18-34)45(54-31-35-19-13-9-14-20-35)46(55-32-36-21-15-10-16-22-36)48(52-5,57-43)39-24-25-40(49)38(29-39)27-37-23-26-42(51-4)41(50)28-37;1-46-37-21-18-32(23-36(37)44)22-33-24-34(19-20-35(33)43)42(47-2)41(50-28-31-16-10-5-11-17-31)40(49-27-30-14-8-4-9-15-30)39(38(25-45)51-42)48-26-29-12-6-3-7-13-29/h8-26,28-29,43-46H,27,30-33H2,1-7H3;3-21,23-24,38-41,45H,22,25-28H2,1-2H3/t43-,44-,45+,46-,48+;38-,39-,40+,41-,42+/m11/s1/i4D3;1D3. The second-order valence-corrected chi connectivity index (χ2v) is 34.1. The summed E-state index contributed by atoms with van der Waals surface area (Å²) >= 11 is 13.6. The fraction of sp³-hybridized carbons (Fsp3) is 0.333. The lowest BCUT2D eigenvalue weighted by atomic mass is 9.86. The second-order valence-electron chi connectivity index (χ2n) is 28.5. The molecule has 0 bridgehead atoms. The normalized spacial score (nSPS) is 22.5. The first kappa shape index (κ1) is 73.8. The Bertz CT molecular complexity index is 4690. The maximum absolute atomic E-state index is 15.2. The molecular weight excluding hydrogens is 1440 g/mol. The molecule has 0 aliphatic carbocycles. The van der Waals surface area contributed by atoms with Crippen molar-refractivity contribution in [2.75, 3.05) is 41.5 Å². The van der Waals surface area contributed by atoms with Crippen LogP contribution >= 0.6 is 23.2 Å². The molecule has 574 valence electrons. The van der Waals surface area contributed by atoms with E-state index in [-0.39, 0.29) is 75.6 Å². The van der Waals surface area contributed by atoms with Crippen molar-refractivity contribution >= 4 is 31.5 Å². The van der Waals surface area contributed by atoms with E-state index in [9.17, 15) is 9.50 Å². The quantitative estimate of drug-likeness (QED) is 0.0400. The highest BCUT2D eigenvalue weighted by atomic mass is 35.5. The number of methoxy groups -OCH3 is 4. The van der Waals surface area contributed by atoms with Crippen LogP contribution in [0.5, 0.6) is 11.5 Å². The minimum Gasteiger partial charge on any atom is -0.494 e. The van der Waals surface area contributed by atoms with E-state index < -0.39 is 101 Å². The van der Waals surface area contributed by atoms with Gasteiger partial charge in [0.15, 0.2) is 31.5 Å². The molecule has 0 amide bonds. The number of benzene rings is 10. The van der Waals surface area contributed by atoms with Gasteiger partial charge in [0, 0.05) is 35.4 Å². The average molecular weight is 1550 g/mol. The number of halogens is 4. The summed E-state index contributed by atoms with van der Waals surface area (Å²) in [6.07, 6.45) is -6.24. The van der Waals surface area contributed by atoms with Gasteiger partial charge < -0.3 is 66.4 Å². The SMILES string of the molecule is [2H]C([2H])([2H])Oc1ccc(Cc2cc([C@]3(OC)O[C@H](CO)[C@@H](OCc4ccccc4)[C@H](OCc4ccccc4)[C@H]3OCc3ccccc3)ccc2Cl)cc1F.[2H]C([2H])([2H])Oc1ccc(Cc2cc([C@]3(OC)O[C@H](CO[Si](C)(C)C(C)(C)C)[C@@H](OCc4ccccc4)[C@H](OCc4ccccc4)[C@H]3OCc3ccccc3)ccc2Cl)cc1F. The van der Waals surface area contributed by atoms with Gasteiger partial charge in [0.2, 0.25) is 11.6 Å². The highest BCUT2D eigenvalue weighted by Gasteiger charge is 2.60. The fourth-order valence-corrected chi connectivity index (χ4v) is 14.6. The average Bonchev–Trinajstić information content (AvgIpc) is 0.739. The van der Waals surface area contributed by atoms with E-state index in [1.807, 2.05) is 194 Å². The molecule has 0 saturated carbocycles. The van der Waals surface area contributed by atoms with E-state index in [0.29, 0.717) is 43.4 Å². The molecule has 19 heteroatoms. The third-order valence-corrected chi connectivity index (χ3v) is 25.4. The van der Waals surface area contributed by atoms with Gasteiger partial charge in [-0.1, -0.05) is 250 Å². The highest BCUT2D eigenvalue weighted by molar-refractivity contribution is 6.74. The number of aliphatic hydroxyl groups is 1. The molecule has 10 aromatic carbocycles. The molecule has 1 N–H and O–H groups in total. The summed E-state index contributed by atoms with van der Waals surface area (Å²) in [6.45, 7) is 12.1. The number of hydrogen-bond acceptors (Lipinski definition) is 14. The van der Waals surface area contributed by atoms with Gasteiger partial charge in [-0.05, 0) is 135 Å². The Morgan fingerprint density at radius 1 is 0.422 bits per heavy atom. The number of rotatable bonds is 32. The molecule has 0 radical (unpaired) electrons. The molecule has 14 nitrogen and oxygen atoms in total. The second kappa shape index (κ2) is 38.8. The third kappa shape index (κ3) is 20.8. The highest BCUT2D eigenvalue weighted by Crippen LogP contribution is 2.48. The first-order valence-electron chi connectivity index (χ1n) is 39.2. The van der Waals surface area contributed by atoms with Crippen LogP contribution in [0, 0.1) is 11.6 Å². The predicted octanol–water partition coefficient (Wildman–Crippen LogP) is 19.1. The summed E-state index contributed by atoms with van der Waals surface area (Å²) in [5.41, 5.74) is 9.04. The molecule has 0 aromatic heterocycles. The number of hydrogen-bond donors (Lipinski definition) is 1. The van der Waals surface area contributed by atoms with Crippen molar-refractivity contribution in [1.82, 2.24) is 0 Å². The first-order chi connectivity index (χ1) is 55.1. The van der Waals surface area contributed by atoms with E-state index in [1.165, 1.54) is 31.4 Å². The van der Waals surface area contributed by atoms with Crippen molar-refractivity contribution < 1.29 is 83.4 Å². The van der Waals surface area contributed by atoms with E-state index in [0.717, 1.165) is 33.4 Å². The Morgan fingerprint density at radius 2 is 0.743 bits per heavy atom. The van der Waals surface area contributed by atoms with Gasteiger partial charge in [0.25, 0.3) is 0 Å². The van der Waals surface area contributed by atoms with Crippen molar-refractivity contribution in [3.63, 3.8) is 0 Å². The maximum atomic E-state index is 15.2.